The Morgan fingerprint density at radius 3 is 1.87 bits per heavy atom. The standard InChI is InChI=1S/C34H38N4O6.ClH/c1-15-21(7-9-31(41)42)27-14-28-22(8-10-32(43)44)16(2)24(36-28)12-29-34(20(6)40)18(4)26(38-29)13-30-33(19(5)39)17(3)25(37-30)11-23(15)35-27;/h11-14,19-20,36,38-40H,7-10H2,1-6H3,(H,41,42)(H,43,44);1H. The van der Waals surface area contributed by atoms with E-state index in [1.54, 1.807) is 13.8 Å². The van der Waals surface area contributed by atoms with Gasteiger partial charge in [-0.15, -0.1) is 12.4 Å². The van der Waals surface area contributed by atoms with Crippen LogP contribution in [-0.2, 0) is 16.0 Å². The van der Waals surface area contributed by atoms with Gasteiger partial charge in [-0.05, 0) is 112 Å². The van der Waals surface area contributed by atoms with Crippen molar-refractivity contribution in [1.82, 2.24) is 19.9 Å². The van der Waals surface area contributed by atoms with Crippen molar-refractivity contribution >= 4 is 68.7 Å². The Morgan fingerprint density at radius 2 is 1.24 bits per heavy atom. The molecule has 8 bridgehead atoms. The molecule has 2 atom stereocenters. The number of aliphatic hydroxyl groups is 2. The zero-order valence-electron chi connectivity index (χ0n) is 26.2. The first-order valence-electron chi connectivity index (χ1n) is 14.7. The maximum atomic E-state index is 11.6. The molecule has 2 unspecified atom stereocenters. The van der Waals surface area contributed by atoms with Gasteiger partial charge in [-0.1, -0.05) is 0 Å². The minimum atomic E-state index is -0.917. The first-order valence-corrected chi connectivity index (χ1v) is 14.7. The number of hydrogen-bond acceptors (Lipinski definition) is 6. The summed E-state index contributed by atoms with van der Waals surface area (Å²) < 4.78 is 0. The number of aliphatic hydroxyl groups excluding tert-OH is 2. The van der Waals surface area contributed by atoms with Gasteiger partial charge >= 0.3 is 11.9 Å². The summed E-state index contributed by atoms with van der Waals surface area (Å²) >= 11 is 0. The lowest BCUT2D eigenvalue weighted by molar-refractivity contribution is -0.137. The van der Waals surface area contributed by atoms with Crippen LogP contribution in [0.3, 0.4) is 0 Å². The number of rotatable bonds is 8. The molecule has 238 valence electrons. The van der Waals surface area contributed by atoms with Crippen LogP contribution in [0.5, 0.6) is 0 Å². The van der Waals surface area contributed by atoms with Crippen molar-refractivity contribution < 1.29 is 30.0 Å². The number of H-pyrrole nitrogens is 2. The third-order valence-electron chi connectivity index (χ3n) is 8.65. The summed E-state index contributed by atoms with van der Waals surface area (Å²) in [4.78, 5) is 39.8. The number of aryl methyl sites for hydroxylation is 3. The van der Waals surface area contributed by atoms with Gasteiger partial charge in [0.2, 0.25) is 0 Å². The van der Waals surface area contributed by atoms with Gasteiger partial charge in [0.25, 0.3) is 0 Å². The van der Waals surface area contributed by atoms with Crippen LogP contribution in [-0.4, -0.2) is 58.4 Å². The molecule has 5 rings (SSSR count). The zero-order valence-corrected chi connectivity index (χ0v) is 27.0. The average Bonchev–Trinajstić information content (AvgIpc) is 3.59. The molecule has 5 heterocycles. The molecular weight excluding hydrogens is 596 g/mol. The molecule has 0 saturated heterocycles. The molecule has 0 spiro atoms. The van der Waals surface area contributed by atoms with Gasteiger partial charge in [0.1, 0.15) is 0 Å². The lowest BCUT2D eigenvalue weighted by Crippen LogP contribution is -2.02. The van der Waals surface area contributed by atoms with Gasteiger partial charge in [0.15, 0.2) is 0 Å². The maximum Gasteiger partial charge on any atom is 0.303 e. The van der Waals surface area contributed by atoms with Crippen LogP contribution in [0.1, 0.15) is 98.1 Å². The second-order valence-corrected chi connectivity index (χ2v) is 11.7. The molecule has 0 aromatic carbocycles. The molecule has 0 aliphatic carbocycles. The molecule has 6 N–H and O–H groups in total. The quantitative estimate of drug-likeness (QED) is 0.162. The normalized spacial score (nSPS) is 14.4. The second-order valence-electron chi connectivity index (χ2n) is 11.7. The summed E-state index contributed by atoms with van der Waals surface area (Å²) in [6.07, 6.45) is -1.15. The highest BCUT2D eigenvalue weighted by atomic mass is 35.5. The molecule has 11 heteroatoms. The smallest absolute Gasteiger partial charge is 0.303 e. The Bertz CT molecular complexity index is 1930. The summed E-state index contributed by atoms with van der Waals surface area (Å²) in [5.41, 5.74) is 11.7. The molecule has 2 aliphatic heterocycles. The SMILES string of the molecule is CC1=C(CCC(=O)O)c2cc3[nH]c(cc4[nH]c(cc5nc(cc1n2)C(C)=C5C(C)O)c(C)c4C(C)O)c(C)c3CCC(=O)O.Cl. The third-order valence-corrected chi connectivity index (χ3v) is 8.65. The average molecular weight is 635 g/mol. The zero-order chi connectivity index (χ0) is 32.0. The highest BCUT2D eigenvalue weighted by Gasteiger charge is 2.24. The van der Waals surface area contributed by atoms with Crippen LogP contribution >= 0.6 is 12.4 Å². The van der Waals surface area contributed by atoms with Crippen LogP contribution in [0.25, 0.3) is 44.4 Å². The van der Waals surface area contributed by atoms with Crippen molar-refractivity contribution in [1.29, 1.82) is 0 Å². The number of aromatic nitrogens is 4. The van der Waals surface area contributed by atoms with Crippen molar-refractivity contribution in [3.63, 3.8) is 0 Å². The summed E-state index contributed by atoms with van der Waals surface area (Å²) in [6, 6.07) is 7.51. The lowest BCUT2D eigenvalue weighted by Gasteiger charge is -2.07. The van der Waals surface area contributed by atoms with E-state index < -0.39 is 24.1 Å². The van der Waals surface area contributed by atoms with Crippen molar-refractivity contribution in [3.8, 4) is 0 Å². The molecular formula is C34H39ClN4O6. The minimum Gasteiger partial charge on any atom is -0.481 e. The number of aliphatic carboxylic acids is 2. The van der Waals surface area contributed by atoms with Gasteiger partial charge in [0.05, 0.1) is 35.0 Å². The van der Waals surface area contributed by atoms with Crippen molar-refractivity contribution in [2.75, 3.05) is 0 Å². The van der Waals surface area contributed by atoms with E-state index in [1.807, 2.05) is 52.0 Å². The van der Waals surface area contributed by atoms with E-state index in [0.717, 1.165) is 44.4 Å². The Labute approximate surface area is 267 Å². The number of carboxylic acids is 2. The molecule has 0 amide bonds. The van der Waals surface area contributed by atoms with E-state index in [9.17, 15) is 30.0 Å². The number of nitrogens with one attached hydrogen (secondary N) is 2. The summed E-state index contributed by atoms with van der Waals surface area (Å²) in [5, 5.41) is 40.5. The summed E-state index contributed by atoms with van der Waals surface area (Å²) in [7, 11) is 0. The predicted octanol–water partition coefficient (Wildman–Crippen LogP) is 6.53. The number of carbonyl (C=O) groups is 2. The van der Waals surface area contributed by atoms with E-state index in [1.165, 1.54) is 0 Å². The number of nitrogens with zero attached hydrogens (tertiary/aromatic N) is 2. The minimum absolute atomic E-state index is 0. The monoisotopic (exact) mass is 634 g/mol. The molecule has 2 aliphatic rings. The van der Waals surface area contributed by atoms with Crippen LogP contribution in [0.2, 0.25) is 0 Å². The van der Waals surface area contributed by atoms with Crippen molar-refractivity contribution in [2.24, 2.45) is 0 Å². The lowest BCUT2D eigenvalue weighted by atomic mass is 9.99. The van der Waals surface area contributed by atoms with Crippen LogP contribution in [0.15, 0.2) is 24.3 Å². The van der Waals surface area contributed by atoms with Gasteiger partial charge < -0.3 is 30.4 Å². The predicted molar refractivity (Wildman–Crippen MR) is 178 cm³/mol. The highest BCUT2D eigenvalue weighted by Crippen LogP contribution is 2.38. The molecule has 3 aromatic heterocycles. The maximum absolute atomic E-state index is 11.6. The number of fused-ring (bicyclic) bond motifs is 8. The fourth-order valence-corrected chi connectivity index (χ4v) is 6.31. The molecule has 0 saturated carbocycles. The number of aromatic amines is 2. The van der Waals surface area contributed by atoms with E-state index in [2.05, 4.69) is 9.97 Å². The Balaban J connectivity index is 0.00000461. The number of hydrogen-bond donors (Lipinski definition) is 6. The Hall–Kier alpha value is -4.25. The summed E-state index contributed by atoms with van der Waals surface area (Å²) in [6.45, 7) is 11.1. The number of carboxylic acid groups (broad SMARTS) is 2. The number of halogens is 1. The van der Waals surface area contributed by atoms with E-state index in [4.69, 9.17) is 9.97 Å². The molecule has 0 fully saturated rings. The highest BCUT2D eigenvalue weighted by molar-refractivity contribution is 5.96. The second kappa shape index (κ2) is 13.0. The van der Waals surface area contributed by atoms with E-state index in [0.29, 0.717) is 44.9 Å². The van der Waals surface area contributed by atoms with Crippen LogP contribution in [0, 0.1) is 13.8 Å². The first kappa shape index (κ1) is 33.6. The molecule has 10 nitrogen and oxygen atoms in total. The van der Waals surface area contributed by atoms with Gasteiger partial charge in [0, 0.05) is 46.0 Å². The largest absolute Gasteiger partial charge is 0.481 e. The third kappa shape index (κ3) is 6.45. The van der Waals surface area contributed by atoms with Gasteiger partial charge in [-0.3, -0.25) is 9.59 Å². The summed E-state index contributed by atoms with van der Waals surface area (Å²) in [5.74, 6) is -1.83. The first-order chi connectivity index (χ1) is 20.8. The van der Waals surface area contributed by atoms with Crippen LogP contribution < -0.4 is 0 Å². The van der Waals surface area contributed by atoms with E-state index >= 15 is 0 Å². The number of allylic oxidation sites excluding steroid dienone is 3. The van der Waals surface area contributed by atoms with Crippen molar-refractivity contribution in [3.05, 3.63) is 69.3 Å². The molecule has 0 radical (unpaired) electrons. The fraction of sp³-hybridized carbons (Fsp3) is 0.353. The fourth-order valence-electron chi connectivity index (χ4n) is 6.31. The van der Waals surface area contributed by atoms with E-state index in [-0.39, 0.29) is 38.1 Å². The topological polar surface area (TPSA) is 172 Å². The van der Waals surface area contributed by atoms with Crippen LogP contribution in [0.4, 0.5) is 0 Å². The Kier molecular flexibility index (Phi) is 9.72. The van der Waals surface area contributed by atoms with Crippen molar-refractivity contribution in [2.45, 2.75) is 79.4 Å². The Morgan fingerprint density at radius 1 is 0.689 bits per heavy atom. The molecule has 45 heavy (non-hydrogen) atoms. The molecule has 3 aromatic rings. The van der Waals surface area contributed by atoms with Gasteiger partial charge in [-0.2, -0.15) is 0 Å². The van der Waals surface area contributed by atoms with Gasteiger partial charge in [-0.25, -0.2) is 9.97 Å².